The molecule has 7 aliphatic rings. The minimum atomic E-state index is -2.56. The van der Waals surface area contributed by atoms with Crippen LogP contribution in [0.1, 0.15) is 66.1 Å². The number of carbonyl (C=O) groups is 2. The van der Waals surface area contributed by atoms with E-state index in [1.165, 1.54) is 32.4 Å². The molecule has 3 saturated heterocycles. The van der Waals surface area contributed by atoms with Gasteiger partial charge in [-0.25, -0.2) is 4.79 Å². The van der Waals surface area contributed by atoms with Crippen LogP contribution in [-0.2, 0) is 28.5 Å². The van der Waals surface area contributed by atoms with Crippen molar-refractivity contribution in [2.45, 2.75) is 113 Å². The second-order valence-electron chi connectivity index (χ2n) is 15.7. The highest BCUT2D eigenvalue weighted by atomic mass is 16.9. The predicted octanol–water partition coefficient (Wildman–Crippen LogP) is 0.658. The number of esters is 1. The molecule has 15 atom stereocenters. The molecular formula is C32H40O14. The Hall–Kier alpha value is -2.56. The largest absolute Gasteiger partial charge is 0.511 e. The number of hydrogen-bond acceptors (Lipinski definition) is 13. The molecular weight excluding hydrogens is 608 g/mol. The molecule has 252 valence electrons. The van der Waals surface area contributed by atoms with Gasteiger partial charge in [0.1, 0.15) is 46.5 Å². The molecule has 1 aromatic rings. The summed E-state index contributed by atoms with van der Waals surface area (Å²) in [7, 11) is 0. The smallest absolute Gasteiger partial charge is 0.338 e. The summed E-state index contributed by atoms with van der Waals surface area (Å²) in [6.07, 6.45) is -7.21. The second kappa shape index (κ2) is 8.17. The third-order valence-corrected chi connectivity index (χ3v) is 13.6. The summed E-state index contributed by atoms with van der Waals surface area (Å²) in [4.78, 5) is 26.6. The molecule has 46 heavy (non-hydrogen) atoms. The minimum absolute atomic E-state index is 0.145. The summed E-state index contributed by atoms with van der Waals surface area (Å²) in [6, 6.07) is 1.51. The first-order valence-electron chi connectivity index (χ1n) is 15.7. The van der Waals surface area contributed by atoms with Gasteiger partial charge in [0.15, 0.2) is 0 Å². The van der Waals surface area contributed by atoms with Gasteiger partial charge < -0.3 is 59.1 Å². The number of aliphatic hydroxyl groups excluding tert-OH is 5. The van der Waals surface area contributed by atoms with Crippen LogP contribution in [0.25, 0.3) is 0 Å². The lowest BCUT2D eigenvalue weighted by Gasteiger charge is -2.78. The van der Waals surface area contributed by atoms with E-state index in [0.29, 0.717) is 0 Å². The van der Waals surface area contributed by atoms with Gasteiger partial charge in [-0.2, -0.15) is 0 Å². The van der Waals surface area contributed by atoms with E-state index < -0.39 is 117 Å². The summed E-state index contributed by atoms with van der Waals surface area (Å²) in [5, 5.41) is 84.7. The van der Waals surface area contributed by atoms with Crippen LogP contribution >= 0.6 is 0 Å². The highest BCUT2D eigenvalue weighted by Gasteiger charge is 3.04. The van der Waals surface area contributed by atoms with E-state index in [0.717, 1.165) is 0 Å². The number of aliphatic hydroxyl groups is 6. The lowest BCUT2D eigenvalue weighted by molar-refractivity contribution is -0.491. The average Bonchev–Trinajstić information content (AvgIpc) is 3.67. The number of cyclic esters (lactones) is 1. The third-order valence-electron chi connectivity index (χ3n) is 13.6. The molecule has 0 radical (unpaired) electrons. The van der Waals surface area contributed by atoms with Crippen LogP contribution in [0, 0.1) is 34.0 Å². The number of rotatable bonds is 4. The van der Waals surface area contributed by atoms with Crippen molar-refractivity contribution < 1.29 is 68.7 Å². The van der Waals surface area contributed by atoms with Crippen LogP contribution in [0.4, 0.5) is 0 Å². The van der Waals surface area contributed by atoms with Crippen LogP contribution in [0.5, 0.6) is 0 Å². The number of carboxylic acids is 1. The van der Waals surface area contributed by atoms with Gasteiger partial charge in [-0.3, -0.25) is 4.79 Å². The molecule has 14 heteroatoms. The molecule has 1 aromatic heterocycles. The zero-order valence-electron chi connectivity index (χ0n) is 26.3. The Morgan fingerprint density at radius 2 is 1.67 bits per heavy atom. The number of aliphatic carboxylic acids is 1. The normalized spacial score (nSPS) is 58.6. The van der Waals surface area contributed by atoms with Crippen LogP contribution in [0.15, 0.2) is 34.3 Å². The molecule has 0 amide bonds. The monoisotopic (exact) mass is 648 g/mol. The van der Waals surface area contributed by atoms with E-state index in [9.17, 15) is 45.3 Å². The lowest BCUT2D eigenvalue weighted by Crippen LogP contribution is -2.97. The maximum Gasteiger partial charge on any atom is 0.338 e. The van der Waals surface area contributed by atoms with Gasteiger partial charge in [-0.1, -0.05) is 34.6 Å². The maximum atomic E-state index is 14.2. The van der Waals surface area contributed by atoms with Gasteiger partial charge in [-0.05, 0) is 18.4 Å². The predicted molar refractivity (Wildman–Crippen MR) is 149 cm³/mol. The van der Waals surface area contributed by atoms with Crippen molar-refractivity contribution >= 4 is 11.9 Å². The molecule has 14 nitrogen and oxygen atoms in total. The average molecular weight is 649 g/mol. The molecule has 8 rings (SSSR count). The van der Waals surface area contributed by atoms with Crippen LogP contribution in [0.2, 0.25) is 0 Å². The van der Waals surface area contributed by atoms with E-state index in [-0.39, 0.29) is 17.6 Å². The summed E-state index contributed by atoms with van der Waals surface area (Å²) < 4.78 is 31.2. The third kappa shape index (κ3) is 2.57. The Balaban J connectivity index is 1.54. The molecule has 0 aromatic carbocycles. The van der Waals surface area contributed by atoms with Crippen molar-refractivity contribution in [3.05, 3.63) is 35.5 Å². The van der Waals surface area contributed by atoms with Crippen molar-refractivity contribution in [3.63, 3.8) is 0 Å². The fourth-order valence-electron chi connectivity index (χ4n) is 12.2. The molecule has 7 fully saturated rings. The Morgan fingerprint density at radius 3 is 2.26 bits per heavy atom. The number of furan rings is 1. The van der Waals surface area contributed by atoms with Gasteiger partial charge in [0, 0.05) is 47.0 Å². The van der Waals surface area contributed by atoms with E-state index in [1.54, 1.807) is 27.7 Å². The highest BCUT2D eigenvalue weighted by molar-refractivity contribution is 5.92. The molecule has 3 aliphatic heterocycles. The summed E-state index contributed by atoms with van der Waals surface area (Å²) >= 11 is 0. The van der Waals surface area contributed by atoms with Gasteiger partial charge in [0.25, 0.3) is 5.97 Å². The van der Waals surface area contributed by atoms with Crippen molar-refractivity contribution in [1.82, 2.24) is 0 Å². The van der Waals surface area contributed by atoms with Crippen molar-refractivity contribution in [2.24, 2.45) is 34.0 Å². The highest BCUT2D eigenvalue weighted by Crippen LogP contribution is 2.89. The number of carbonyl (C=O) groups excluding carboxylic acids is 1. The van der Waals surface area contributed by atoms with Gasteiger partial charge in [-0.15, -0.1) is 0 Å². The fourth-order valence-corrected chi connectivity index (χ4v) is 12.2. The topological polar surface area (TPSA) is 226 Å². The van der Waals surface area contributed by atoms with Crippen molar-refractivity contribution in [1.29, 1.82) is 0 Å². The summed E-state index contributed by atoms with van der Waals surface area (Å²) in [6.45, 7) is 9.27. The SMILES string of the molecule is CC(C)/C(O)=C1\C(=O)O[C@@H](c2ccoc2)[C@]2(C)C(O)[C@@H](O)[C@@]34OC5(C)OC67CC(C)(C(O)[C@]6(O)[C@@H](O)[C@]3(O5)C12)[C@H](CC(=O)O)[C@]74C. The fraction of sp³-hybridized carbons (Fsp3) is 0.750. The number of hydrogen-bond donors (Lipinski definition) is 7. The number of ether oxygens (including phenoxy) is 4. The Kier molecular flexibility index (Phi) is 5.46. The first kappa shape index (κ1) is 30.8. The van der Waals surface area contributed by atoms with E-state index in [1.807, 2.05) is 0 Å². The Labute approximate surface area is 263 Å². The maximum absolute atomic E-state index is 14.2. The van der Waals surface area contributed by atoms with Crippen LogP contribution in [-0.4, -0.2) is 100 Å². The van der Waals surface area contributed by atoms with Gasteiger partial charge >= 0.3 is 11.9 Å². The molecule has 4 aliphatic carbocycles. The zero-order chi connectivity index (χ0) is 33.6. The first-order chi connectivity index (χ1) is 21.2. The van der Waals surface area contributed by atoms with E-state index in [2.05, 4.69) is 0 Å². The van der Waals surface area contributed by atoms with E-state index >= 15 is 0 Å². The molecule has 7 N–H and O–H groups in total. The molecule has 4 heterocycles. The molecule has 4 bridgehead atoms. The number of fused-ring (bicyclic) bond motifs is 3. The van der Waals surface area contributed by atoms with Crippen LogP contribution in [0.3, 0.4) is 0 Å². The van der Waals surface area contributed by atoms with Crippen molar-refractivity contribution in [3.8, 4) is 0 Å². The Morgan fingerprint density at radius 1 is 1.00 bits per heavy atom. The van der Waals surface area contributed by atoms with Crippen LogP contribution < -0.4 is 0 Å². The standard InChI is InChI=1S/C32H40O14/c1-12(2)17(35)16-18-26(4,21(43-22(16)38)13-7-8-42-10-13)19(36)20(37)32-27(5)14(9-15(33)34)25(3)11-29(27)30(41,23(25)39)24(40)31(18,32)45-28(6,44-29)46-32/h7-8,10,12,14,18-21,23-24,35-37,39-41H,9,11H2,1-6H3,(H,33,34)/b17-16+/t14-,18?,19?,20+,21-,23?,24+,25?,26-,27+,28?,29?,30-,31+,32-/m0/s1. The summed E-state index contributed by atoms with van der Waals surface area (Å²) in [5.74, 6) is -8.23. The second-order valence-corrected chi connectivity index (χ2v) is 15.7. The Bertz CT molecular complexity index is 1610. The van der Waals surface area contributed by atoms with Crippen molar-refractivity contribution in [2.75, 3.05) is 0 Å². The molecule has 4 saturated carbocycles. The quantitative estimate of drug-likeness (QED) is 0.135. The molecule has 6 unspecified atom stereocenters. The minimum Gasteiger partial charge on any atom is -0.511 e. The number of allylic oxidation sites excluding steroid dienone is 1. The lowest BCUT2D eigenvalue weighted by atomic mass is 9.32. The first-order valence-corrected chi connectivity index (χ1v) is 15.7. The number of carboxylic acid groups (broad SMARTS) is 1. The van der Waals surface area contributed by atoms with Gasteiger partial charge in [0.2, 0.25) is 0 Å². The summed E-state index contributed by atoms with van der Waals surface area (Å²) in [5.41, 5.74) is -14.4. The van der Waals surface area contributed by atoms with Gasteiger partial charge in [0.05, 0.1) is 30.3 Å². The van der Waals surface area contributed by atoms with E-state index in [4.69, 9.17) is 23.4 Å². The zero-order valence-corrected chi connectivity index (χ0v) is 26.3. The molecule has 2 spiro atoms.